The van der Waals surface area contributed by atoms with Crippen LogP contribution in [0.5, 0.6) is 0 Å². The number of halogens is 3. The van der Waals surface area contributed by atoms with Crippen molar-refractivity contribution in [1.29, 1.82) is 0 Å². The molecule has 1 atom stereocenters. The molecule has 4 amide bonds. The standard InChI is InChI=1S/C14H14F3N3O3/c1-18(8-20-12(22)11(21)19(2)13(20)23)7-9-3-5-10(6-4-9)14(15,16)17/h3-6H,7-8H2,1-2H3/p+1. The first kappa shape index (κ1) is 16.9. The number of nitrogens with zero attached hydrogens (tertiary/aromatic N) is 2. The average Bonchev–Trinajstić information content (AvgIpc) is 2.65. The number of alkyl halides is 3. The average molecular weight is 330 g/mol. The fourth-order valence-electron chi connectivity index (χ4n) is 2.24. The molecule has 0 bridgehead atoms. The second-order valence-electron chi connectivity index (χ2n) is 5.37. The Bertz CT molecular complexity index is 643. The minimum atomic E-state index is -4.39. The van der Waals surface area contributed by atoms with Crippen LogP contribution in [0.2, 0.25) is 0 Å². The number of imide groups is 2. The lowest BCUT2D eigenvalue weighted by atomic mass is 10.1. The van der Waals surface area contributed by atoms with Gasteiger partial charge in [-0.25, -0.2) is 9.69 Å². The maximum atomic E-state index is 12.5. The Balaban J connectivity index is 2.00. The molecule has 1 saturated heterocycles. The van der Waals surface area contributed by atoms with Gasteiger partial charge in [0.25, 0.3) is 0 Å². The molecule has 0 aliphatic carbocycles. The van der Waals surface area contributed by atoms with Gasteiger partial charge in [-0.3, -0.25) is 14.5 Å². The predicted octanol–water partition coefficient (Wildman–Crippen LogP) is 0.0982. The number of quaternary nitrogens is 1. The van der Waals surface area contributed by atoms with Gasteiger partial charge in [0.05, 0.1) is 12.6 Å². The van der Waals surface area contributed by atoms with E-state index in [4.69, 9.17) is 0 Å². The van der Waals surface area contributed by atoms with E-state index in [9.17, 15) is 27.6 Å². The fourth-order valence-corrected chi connectivity index (χ4v) is 2.24. The first-order chi connectivity index (χ1) is 10.6. The van der Waals surface area contributed by atoms with Crippen molar-refractivity contribution in [3.05, 3.63) is 35.4 Å². The Hall–Kier alpha value is -2.42. The van der Waals surface area contributed by atoms with Gasteiger partial charge in [0, 0.05) is 12.6 Å². The van der Waals surface area contributed by atoms with Gasteiger partial charge in [0.15, 0.2) is 6.67 Å². The SMILES string of the molecule is CN1C(=O)C(=O)N(C[NH+](C)Cc2ccc(C(F)(F)F)cc2)C1=O. The normalized spacial score (nSPS) is 17.2. The van der Waals surface area contributed by atoms with Gasteiger partial charge in [-0.1, -0.05) is 12.1 Å². The number of amides is 4. The van der Waals surface area contributed by atoms with Crippen LogP contribution in [0.3, 0.4) is 0 Å². The van der Waals surface area contributed by atoms with E-state index < -0.39 is 29.6 Å². The summed E-state index contributed by atoms with van der Waals surface area (Å²) in [6.45, 7) is 0.252. The van der Waals surface area contributed by atoms with Gasteiger partial charge >= 0.3 is 24.0 Å². The number of likely N-dealkylation sites (N-methyl/N-ethyl adjacent to an activating group) is 1. The molecule has 1 unspecified atom stereocenters. The summed E-state index contributed by atoms with van der Waals surface area (Å²) in [5.41, 5.74) is -0.120. The van der Waals surface area contributed by atoms with E-state index in [0.717, 1.165) is 21.9 Å². The van der Waals surface area contributed by atoms with Crippen LogP contribution in [-0.2, 0) is 22.3 Å². The molecule has 1 aliphatic rings. The van der Waals surface area contributed by atoms with E-state index >= 15 is 0 Å². The summed E-state index contributed by atoms with van der Waals surface area (Å²) in [6.07, 6.45) is -4.39. The molecule has 23 heavy (non-hydrogen) atoms. The van der Waals surface area contributed by atoms with Crippen molar-refractivity contribution in [2.45, 2.75) is 12.7 Å². The topological polar surface area (TPSA) is 62.1 Å². The second kappa shape index (κ2) is 5.99. The number of carbonyl (C=O) groups is 3. The number of urea groups is 1. The molecular weight excluding hydrogens is 315 g/mol. The highest BCUT2D eigenvalue weighted by Crippen LogP contribution is 2.28. The minimum Gasteiger partial charge on any atom is -0.316 e. The molecule has 2 rings (SSSR count). The largest absolute Gasteiger partial charge is 0.416 e. The highest BCUT2D eigenvalue weighted by Gasteiger charge is 2.43. The van der Waals surface area contributed by atoms with Crippen molar-refractivity contribution in [2.24, 2.45) is 0 Å². The zero-order valence-electron chi connectivity index (χ0n) is 12.5. The van der Waals surface area contributed by atoms with Gasteiger partial charge in [-0.2, -0.15) is 13.2 Å². The Morgan fingerprint density at radius 1 is 1.04 bits per heavy atom. The van der Waals surface area contributed by atoms with Crippen LogP contribution in [0.1, 0.15) is 11.1 Å². The first-order valence-corrected chi connectivity index (χ1v) is 6.72. The Morgan fingerprint density at radius 2 is 1.61 bits per heavy atom. The molecule has 0 radical (unpaired) electrons. The fraction of sp³-hybridized carbons (Fsp3) is 0.357. The van der Waals surface area contributed by atoms with Crippen molar-refractivity contribution in [1.82, 2.24) is 9.80 Å². The summed E-state index contributed by atoms with van der Waals surface area (Å²) in [5.74, 6) is -1.79. The predicted molar refractivity (Wildman–Crippen MR) is 71.9 cm³/mol. The summed E-state index contributed by atoms with van der Waals surface area (Å²) < 4.78 is 37.5. The molecule has 1 aromatic rings. The summed E-state index contributed by atoms with van der Waals surface area (Å²) in [5, 5.41) is 0. The number of benzene rings is 1. The summed E-state index contributed by atoms with van der Waals surface area (Å²) >= 11 is 0. The van der Waals surface area contributed by atoms with E-state index in [1.807, 2.05) is 0 Å². The van der Waals surface area contributed by atoms with Crippen LogP contribution >= 0.6 is 0 Å². The van der Waals surface area contributed by atoms with Crippen LogP contribution in [-0.4, -0.2) is 48.4 Å². The Kier molecular flexibility index (Phi) is 4.42. The molecule has 6 nitrogen and oxygen atoms in total. The lowest BCUT2D eigenvalue weighted by Gasteiger charge is -2.19. The quantitative estimate of drug-likeness (QED) is 0.629. The zero-order chi connectivity index (χ0) is 17.4. The third kappa shape index (κ3) is 3.50. The van der Waals surface area contributed by atoms with Crippen LogP contribution in [0.15, 0.2) is 24.3 Å². The number of rotatable bonds is 4. The van der Waals surface area contributed by atoms with Crippen LogP contribution in [0.25, 0.3) is 0 Å². The van der Waals surface area contributed by atoms with Gasteiger partial charge in [0.1, 0.15) is 6.54 Å². The Labute approximate surface area is 130 Å². The van der Waals surface area contributed by atoms with Crippen LogP contribution in [0, 0.1) is 0 Å². The molecule has 1 heterocycles. The first-order valence-electron chi connectivity index (χ1n) is 6.72. The van der Waals surface area contributed by atoms with Gasteiger partial charge in [-0.05, 0) is 12.1 Å². The van der Waals surface area contributed by atoms with Crippen LogP contribution < -0.4 is 4.90 Å². The molecule has 0 saturated carbocycles. The van der Waals surface area contributed by atoms with Crippen molar-refractivity contribution >= 4 is 17.8 Å². The summed E-state index contributed by atoms with van der Waals surface area (Å²) in [7, 11) is 2.88. The molecule has 124 valence electrons. The van der Waals surface area contributed by atoms with Gasteiger partial charge in [0.2, 0.25) is 0 Å². The van der Waals surface area contributed by atoms with E-state index in [0.29, 0.717) is 17.0 Å². The van der Waals surface area contributed by atoms with Crippen molar-refractivity contribution in [3.8, 4) is 0 Å². The highest BCUT2D eigenvalue weighted by atomic mass is 19.4. The highest BCUT2D eigenvalue weighted by molar-refractivity contribution is 6.44. The van der Waals surface area contributed by atoms with E-state index in [2.05, 4.69) is 0 Å². The maximum Gasteiger partial charge on any atom is 0.416 e. The molecule has 1 N–H and O–H groups in total. The number of hydrogen-bond acceptors (Lipinski definition) is 3. The van der Waals surface area contributed by atoms with E-state index in [1.54, 1.807) is 7.05 Å². The number of carbonyl (C=O) groups excluding carboxylic acids is 3. The number of hydrogen-bond donors (Lipinski definition) is 1. The molecule has 0 spiro atoms. The minimum absolute atomic E-state index is 0.0469. The molecule has 1 fully saturated rings. The number of nitrogens with one attached hydrogen (secondary N) is 1. The molecule has 9 heteroatoms. The summed E-state index contributed by atoms with van der Waals surface area (Å²) in [4.78, 5) is 37.0. The van der Waals surface area contributed by atoms with Crippen molar-refractivity contribution < 1.29 is 32.5 Å². The van der Waals surface area contributed by atoms with Crippen molar-refractivity contribution in [3.63, 3.8) is 0 Å². The summed E-state index contributed by atoms with van der Waals surface area (Å²) in [6, 6.07) is 3.94. The van der Waals surface area contributed by atoms with E-state index in [1.165, 1.54) is 19.2 Å². The lowest BCUT2D eigenvalue weighted by molar-refractivity contribution is -0.901. The van der Waals surface area contributed by atoms with E-state index in [-0.39, 0.29) is 6.67 Å². The van der Waals surface area contributed by atoms with Crippen molar-refractivity contribution in [2.75, 3.05) is 20.8 Å². The monoisotopic (exact) mass is 330 g/mol. The molecule has 1 aliphatic heterocycles. The van der Waals surface area contributed by atoms with Gasteiger partial charge < -0.3 is 4.90 Å². The maximum absolute atomic E-state index is 12.5. The molecule has 1 aromatic carbocycles. The van der Waals surface area contributed by atoms with Gasteiger partial charge in [-0.15, -0.1) is 0 Å². The third-order valence-corrected chi connectivity index (χ3v) is 3.47. The lowest BCUT2D eigenvalue weighted by Crippen LogP contribution is -3.09. The smallest absolute Gasteiger partial charge is 0.316 e. The molecular formula is C14H15F3N3O3+. The molecule has 0 aromatic heterocycles. The Morgan fingerprint density at radius 3 is 2.04 bits per heavy atom. The third-order valence-electron chi connectivity index (χ3n) is 3.47. The zero-order valence-corrected chi connectivity index (χ0v) is 12.5. The second-order valence-corrected chi connectivity index (χ2v) is 5.37. The van der Waals surface area contributed by atoms with Crippen LogP contribution in [0.4, 0.5) is 18.0 Å².